The van der Waals surface area contributed by atoms with E-state index in [1.807, 2.05) is 18.2 Å². The molecule has 1 aliphatic heterocycles. The average Bonchev–Trinajstić information content (AvgIpc) is 3.00. The third kappa shape index (κ3) is 3.24. The SMILES string of the molecule is COc1ccc(OC)c(N2CCN(S(=O)(=O)c3c(C)noc3C)CC2)c1. The highest BCUT2D eigenvalue weighted by Crippen LogP contribution is 2.33. The molecule has 1 aliphatic rings. The van der Waals surface area contributed by atoms with Crippen LogP contribution in [-0.4, -0.2) is 58.3 Å². The van der Waals surface area contributed by atoms with Gasteiger partial charge >= 0.3 is 0 Å². The van der Waals surface area contributed by atoms with E-state index in [1.165, 1.54) is 4.31 Å². The molecule has 0 radical (unpaired) electrons. The van der Waals surface area contributed by atoms with E-state index in [4.69, 9.17) is 14.0 Å². The molecular formula is C17H23N3O5S. The number of anilines is 1. The Morgan fingerprint density at radius 1 is 1.08 bits per heavy atom. The maximum absolute atomic E-state index is 12.9. The van der Waals surface area contributed by atoms with E-state index >= 15 is 0 Å². The highest BCUT2D eigenvalue weighted by molar-refractivity contribution is 7.89. The second kappa shape index (κ2) is 7.16. The first kappa shape index (κ1) is 18.5. The van der Waals surface area contributed by atoms with Crippen LogP contribution in [0.25, 0.3) is 0 Å². The predicted octanol–water partition coefficient (Wildman–Crippen LogP) is 1.82. The van der Waals surface area contributed by atoms with Crippen molar-refractivity contribution in [2.45, 2.75) is 18.7 Å². The first-order chi connectivity index (χ1) is 12.4. The highest BCUT2D eigenvalue weighted by atomic mass is 32.2. The van der Waals surface area contributed by atoms with Crippen LogP contribution in [0.15, 0.2) is 27.6 Å². The number of ether oxygens (including phenoxy) is 2. The van der Waals surface area contributed by atoms with Crippen molar-refractivity contribution in [3.05, 3.63) is 29.7 Å². The van der Waals surface area contributed by atoms with Gasteiger partial charge in [-0.3, -0.25) is 0 Å². The first-order valence-corrected chi connectivity index (χ1v) is 9.72. The van der Waals surface area contributed by atoms with Gasteiger partial charge in [0.1, 0.15) is 22.1 Å². The van der Waals surface area contributed by atoms with E-state index in [9.17, 15) is 8.42 Å². The van der Waals surface area contributed by atoms with Crippen LogP contribution in [0.1, 0.15) is 11.5 Å². The Balaban J connectivity index is 1.80. The minimum atomic E-state index is -3.62. The number of aromatic nitrogens is 1. The first-order valence-electron chi connectivity index (χ1n) is 8.28. The Bertz CT molecular complexity index is 866. The monoisotopic (exact) mass is 381 g/mol. The average molecular weight is 381 g/mol. The third-order valence-electron chi connectivity index (χ3n) is 4.53. The van der Waals surface area contributed by atoms with Gasteiger partial charge in [0.15, 0.2) is 5.76 Å². The summed E-state index contributed by atoms with van der Waals surface area (Å²) in [4.78, 5) is 2.27. The van der Waals surface area contributed by atoms with E-state index < -0.39 is 10.0 Å². The number of aryl methyl sites for hydroxylation is 2. The molecule has 8 nitrogen and oxygen atoms in total. The molecule has 3 rings (SSSR count). The van der Waals surface area contributed by atoms with Crippen LogP contribution >= 0.6 is 0 Å². The molecule has 0 bridgehead atoms. The molecule has 0 amide bonds. The normalized spacial score (nSPS) is 15.9. The molecule has 142 valence electrons. The van der Waals surface area contributed by atoms with E-state index in [-0.39, 0.29) is 4.90 Å². The Morgan fingerprint density at radius 2 is 1.77 bits per heavy atom. The second-order valence-corrected chi connectivity index (χ2v) is 7.96. The summed E-state index contributed by atoms with van der Waals surface area (Å²) in [5, 5.41) is 3.76. The van der Waals surface area contributed by atoms with Gasteiger partial charge in [-0.25, -0.2) is 8.42 Å². The number of methoxy groups -OCH3 is 2. The zero-order chi connectivity index (χ0) is 18.9. The molecule has 1 saturated heterocycles. The minimum absolute atomic E-state index is 0.171. The predicted molar refractivity (Wildman–Crippen MR) is 96.5 cm³/mol. The molecule has 2 aromatic rings. The lowest BCUT2D eigenvalue weighted by Crippen LogP contribution is -2.48. The number of hydrogen-bond donors (Lipinski definition) is 0. The molecule has 1 aromatic heterocycles. The Kier molecular flexibility index (Phi) is 5.10. The van der Waals surface area contributed by atoms with Gasteiger partial charge in [-0.15, -0.1) is 0 Å². The fraction of sp³-hybridized carbons (Fsp3) is 0.471. The summed E-state index contributed by atoms with van der Waals surface area (Å²) in [6, 6.07) is 5.58. The van der Waals surface area contributed by atoms with Crippen molar-refractivity contribution in [3.8, 4) is 11.5 Å². The summed E-state index contributed by atoms with van der Waals surface area (Å²) >= 11 is 0. The molecule has 0 aliphatic carbocycles. The lowest BCUT2D eigenvalue weighted by molar-refractivity contribution is 0.373. The van der Waals surface area contributed by atoms with E-state index in [2.05, 4.69) is 10.1 Å². The summed E-state index contributed by atoms with van der Waals surface area (Å²) in [5.74, 6) is 1.78. The van der Waals surface area contributed by atoms with E-state index in [0.717, 1.165) is 17.2 Å². The Labute approximate surface area is 153 Å². The molecule has 2 heterocycles. The van der Waals surface area contributed by atoms with Crippen LogP contribution < -0.4 is 14.4 Å². The molecule has 1 aromatic carbocycles. The molecule has 0 atom stereocenters. The van der Waals surface area contributed by atoms with Crippen molar-refractivity contribution in [2.75, 3.05) is 45.3 Å². The maximum atomic E-state index is 12.9. The van der Waals surface area contributed by atoms with Crippen molar-refractivity contribution < 1.29 is 22.4 Å². The fourth-order valence-electron chi connectivity index (χ4n) is 3.19. The minimum Gasteiger partial charge on any atom is -0.497 e. The molecule has 0 unspecified atom stereocenters. The summed E-state index contributed by atoms with van der Waals surface area (Å²) in [6.45, 7) is 5.09. The Morgan fingerprint density at radius 3 is 2.31 bits per heavy atom. The quantitative estimate of drug-likeness (QED) is 0.781. The van der Waals surface area contributed by atoms with Gasteiger partial charge in [0.05, 0.1) is 19.9 Å². The van der Waals surface area contributed by atoms with Gasteiger partial charge in [-0.05, 0) is 26.0 Å². The van der Waals surface area contributed by atoms with Crippen molar-refractivity contribution in [3.63, 3.8) is 0 Å². The zero-order valence-corrected chi connectivity index (χ0v) is 16.2. The molecular weight excluding hydrogens is 358 g/mol. The number of piperazine rings is 1. The highest BCUT2D eigenvalue weighted by Gasteiger charge is 2.33. The molecule has 0 N–H and O–H groups in total. The lowest BCUT2D eigenvalue weighted by Gasteiger charge is -2.36. The fourth-order valence-corrected chi connectivity index (χ4v) is 4.90. The number of sulfonamides is 1. The Hall–Kier alpha value is -2.26. The van der Waals surface area contributed by atoms with Crippen molar-refractivity contribution in [1.29, 1.82) is 0 Å². The van der Waals surface area contributed by atoms with Gasteiger partial charge < -0.3 is 18.9 Å². The standard InChI is InChI=1S/C17H23N3O5S/c1-12-17(13(2)25-18-12)26(21,22)20-9-7-19(8-10-20)15-11-14(23-3)5-6-16(15)24-4/h5-6,11H,7-10H2,1-4H3. The number of benzene rings is 1. The molecule has 1 fully saturated rings. The summed E-state index contributed by atoms with van der Waals surface area (Å²) < 4.78 is 43.1. The number of rotatable bonds is 5. The second-order valence-electron chi connectivity index (χ2n) is 6.08. The summed E-state index contributed by atoms with van der Waals surface area (Å²) in [6.07, 6.45) is 0. The maximum Gasteiger partial charge on any atom is 0.248 e. The zero-order valence-electron chi connectivity index (χ0n) is 15.4. The van der Waals surface area contributed by atoms with Crippen LogP contribution in [0, 0.1) is 13.8 Å². The van der Waals surface area contributed by atoms with Gasteiger partial charge in [-0.2, -0.15) is 4.31 Å². The van der Waals surface area contributed by atoms with Crippen LogP contribution in [-0.2, 0) is 10.0 Å². The van der Waals surface area contributed by atoms with Gasteiger partial charge in [0, 0.05) is 32.2 Å². The molecule has 0 saturated carbocycles. The van der Waals surface area contributed by atoms with E-state index in [1.54, 1.807) is 28.1 Å². The van der Waals surface area contributed by atoms with Gasteiger partial charge in [0.2, 0.25) is 10.0 Å². The van der Waals surface area contributed by atoms with Crippen LogP contribution in [0.4, 0.5) is 5.69 Å². The smallest absolute Gasteiger partial charge is 0.248 e. The van der Waals surface area contributed by atoms with E-state index in [0.29, 0.717) is 37.6 Å². The van der Waals surface area contributed by atoms with Gasteiger partial charge in [-0.1, -0.05) is 5.16 Å². The molecule has 0 spiro atoms. The third-order valence-corrected chi connectivity index (χ3v) is 6.67. The van der Waals surface area contributed by atoms with Crippen LogP contribution in [0.3, 0.4) is 0 Å². The molecule has 26 heavy (non-hydrogen) atoms. The van der Waals surface area contributed by atoms with Crippen LogP contribution in [0.5, 0.6) is 11.5 Å². The van der Waals surface area contributed by atoms with Crippen molar-refractivity contribution in [2.24, 2.45) is 0 Å². The summed E-state index contributed by atoms with van der Waals surface area (Å²) in [5.41, 5.74) is 1.28. The van der Waals surface area contributed by atoms with Crippen molar-refractivity contribution >= 4 is 15.7 Å². The van der Waals surface area contributed by atoms with Crippen LogP contribution in [0.2, 0.25) is 0 Å². The largest absolute Gasteiger partial charge is 0.497 e. The van der Waals surface area contributed by atoms with Gasteiger partial charge in [0.25, 0.3) is 0 Å². The van der Waals surface area contributed by atoms with Crippen molar-refractivity contribution in [1.82, 2.24) is 9.46 Å². The molecule has 9 heteroatoms. The number of hydrogen-bond acceptors (Lipinski definition) is 7. The summed E-state index contributed by atoms with van der Waals surface area (Å²) in [7, 11) is -0.394. The number of nitrogens with zero attached hydrogens (tertiary/aromatic N) is 3. The topological polar surface area (TPSA) is 85.1 Å². The lowest BCUT2D eigenvalue weighted by atomic mass is 10.2.